The van der Waals surface area contributed by atoms with Gasteiger partial charge in [-0.2, -0.15) is 0 Å². The number of nitrogens with zero attached hydrogens (tertiary/aromatic N) is 2. The Bertz CT molecular complexity index is 815. The maximum Gasteiger partial charge on any atom is 0.270 e. The second kappa shape index (κ2) is 4.53. The first kappa shape index (κ1) is 14.3. The van der Waals surface area contributed by atoms with E-state index in [0.717, 1.165) is 6.42 Å². The second-order valence-electron chi connectivity index (χ2n) is 7.06. The van der Waals surface area contributed by atoms with E-state index in [0.29, 0.717) is 22.0 Å². The zero-order valence-electron chi connectivity index (χ0n) is 12.5. The SMILES string of the molecule is O=C1[C@H]2[C@@H]3C=C[C@H]([C@H]4C[C@H]34)[C@@H]2C(=O)N1c1ccc([N+](=O)[O-])cc1Br. The maximum absolute atomic E-state index is 13.0. The quantitative estimate of drug-likeness (QED) is 0.337. The number of allylic oxidation sites excluding steroid dienone is 2. The Morgan fingerprint density at radius 1 is 1.08 bits per heavy atom. The van der Waals surface area contributed by atoms with Crippen molar-refractivity contribution in [3.05, 3.63) is 44.9 Å². The molecule has 2 amide bonds. The largest absolute Gasteiger partial charge is 0.274 e. The van der Waals surface area contributed by atoms with Gasteiger partial charge >= 0.3 is 0 Å². The van der Waals surface area contributed by atoms with Crippen molar-refractivity contribution in [1.29, 1.82) is 0 Å². The monoisotopic (exact) mass is 388 g/mol. The Kier molecular flexibility index (Phi) is 2.71. The van der Waals surface area contributed by atoms with E-state index in [1.165, 1.54) is 23.1 Å². The van der Waals surface area contributed by atoms with E-state index in [1.807, 2.05) is 0 Å². The Balaban J connectivity index is 1.56. The lowest BCUT2D eigenvalue weighted by atomic mass is 9.63. The van der Waals surface area contributed by atoms with Crippen molar-refractivity contribution in [2.75, 3.05) is 4.90 Å². The Labute approximate surface area is 145 Å². The molecule has 0 aromatic heterocycles. The molecule has 0 radical (unpaired) electrons. The topological polar surface area (TPSA) is 80.5 Å². The fourth-order valence-corrected chi connectivity index (χ4v) is 5.53. The smallest absolute Gasteiger partial charge is 0.270 e. The minimum atomic E-state index is -0.500. The van der Waals surface area contributed by atoms with Crippen LogP contribution in [0, 0.1) is 45.6 Å². The molecule has 24 heavy (non-hydrogen) atoms. The highest BCUT2D eigenvalue weighted by atomic mass is 79.9. The number of amides is 2. The van der Waals surface area contributed by atoms with Crippen LogP contribution in [0.5, 0.6) is 0 Å². The van der Waals surface area contributed by atoms with Gasteiger partial charge in [-0.05, 0) is 52.1 Å². The molecule has 0 spiro atoms. The number of halogens is 1. The van der Waals surface area contributed by atoms with Gasteiger partial charge in [-0.3, -0.25) is 19.7 Å². The van der Waals surface area contributed by atoms with Crippen LogP contribution in [0.1, 0.15) is 6.42 Å². The summed E-state index contributed by atoms with van der Waals surface area (Å²) in [4.78, 5) is 37.6. The summed E-state index contributed by atoms with van der Waals surface area (Å²) < 4.78 is 0.391. The zero-order chi connectivity index (χ0) is 16.7. The predicted molar refractivity (Wildman–Crippen MR) is 88.0 cm³/mol. The van der Waals surface area contributed by atoms with E-state index in [1.54, 1.807) is 0 Å². The van der Waals surface area contributed by atoms with Gasteiger partial charge in [0, 0.05) is 16.6 Å². The van der Waals surface area contributed by atoms with Crippen molar-refractivity contribution in [2.45, 2.75) is 6.42 Å². The van der Waals surface area contributed by atoms with E-state index >= 15 is 0 Å². The summed E-state index contributed by atoms with van der Waals surface area (Å²) >= 11 is 3.28. The molecule has 6 rings (SSSR count). The highest BCUT2D eigenvalue weighted by molar-refractivity contribution is 9.10. The molecule has 1 aromatic rings. The van der Waals surface area contributed by atoms with Gasteiger partial charge in [0.05, 0.1) is 22.4 Å². The molecule has 1 aliphatic heterocycles. The van der Waals surface area contributed by atoms with Gasteiger partial charge in [0.25, 0.3) is 5.69 Å². The molecule has 0 N–H and O–H groups in total. The van der Waals surface area contributed by atoms with Gasteiger partial charge in [-0.25, -0.2) is 4.90 Å². The van der Waals surface area contributed by atoms with Crippen molar-refractivity contribution in [3.8, 4) is 0 Å². The minimum absolute atomic E-state index is 0.0786. The van der Waals surface area contributed by atoms with E-state index in [4.69, 9.17) is 0 Å². The predicted octanol–water partition coefficient (Wildman–Crippen LogP) is 2.91. The molecule has 2 saturated carbocycles. The van der Waals surface area contributed by atoms with Gasteiger partial charge in [-0.15, -0.1) is 0 Å². The Hall–Kier alpha value is -2.02. The van der Waals surface area contributed by atoms with Crippen molar-refractivity contribution in [1.82, 2.24) is 0 Å². The maximum atomic E-state index is 13.0. The van der Waals surface area contributed by atoms with Crippen LogP contribution in [-0.2, 0) is 9.59 Å². The number of anilines is 1. The molecule has 1 saturated heterocycles. The standard InChI is InChI=1S/C17H13BrN2O4/c18-12-5-7(20(23)24)1-4-13(12)19-16(21)14-8-2-3-9(11-6-10(8)11)15(14)17(19)22/h1-5,8-11,14-15H,6H2/t8-,9-,10-,11-,14+,15+/m1/s1. The van der Waals surface area contributed by atoms with Crippen LogP contribution in [0.15, 0.2) is 34.8 Å². The van der Waals surface area contributed by atoms with Gasteiger partial charge < -0.3 is 0 Å². The third-order valence-corrected chi connectivity index (χ3v) is 6.68. The molecule has 122 valence electrons. The van der Waals surface area contributed by atoms with Crippen LogP contribution in [0.2, 0.25) is 0 Å². The van der Waals surface area contributed by atoms with E-state index in [-0.39, 0.29) is 41.2 Å². The van der Waals surface area contributed by atoms with Crippen molar-refractivity contribution in [2.24, 2.45) is 35.5 Å². The molecule has 1 aromatic carbocycles. The summed E-state index contributed by atoms with van der Waals surface area (Å²) in [5.41, 5.74) is 0.322. The lowest BCUT2D eigenvalue weighted by molar-refractivity contribution is -0.384. The van der Waals surface area contributed by atoms with Crippen molar-refractivity contribution in [3.63, 3.8) is 0 Å². The minimum Gasteiger partial charge on any atom is -0.274 e. The first-order chi connectivity index (χ1) is 11.5. The molecular formula is C17H13BrN2O4. The molecule has 7 heteroatoms. The lowest BCUT2D eigenvalue weighted by Crippen LogP contribution is -2.40. The first-order valence-electron chi connectivity index (χ1n) is 7.99. The third-order valence-electron chi connectivity index (χ3n) is 6.05. The van der Waals surface area contributed by atoms with Crippen molar-refractivity contribution < 1.29 is 14.5 Å². The molecule has 0 unspecified atom stereocenters. The number of carbonyl (C=O) groups is 2. The first-order valence-corrected chi connectivity index (χ1v) is 8.78. The van der Waals surface area contributed by atoms with E-state index in [9.17, 15) is 19.7 Å². The Morgan fingerprint density at radius 3 is 2.17 bits per heavy atom. The second-order valence-corrected chi connectivity index (χ2v) is 7.91. The summed E-state index contributed by atoms with van der Waals surface area (Å²) in [5, 5.41) is 10.9. The van der Waals surface area contributed by atoms with Crippen LogP contribution in [0.25, 0.3) is 0 Å². The van der Waals surface area contributed by atoms with Crippen LogP contribution in [0.4, 0.5) is 11.4 Å². The highest BCUT2D eigenvalue weighted by Gasteiger charge is 2.67. The number of benzene rings is 1. The third kappa shape index (κ3) is 1.65. The lowest BCUT2D eigenvalue weighted by Gasteiger charge is -2.37. The molecule has 6 nitrogen and oxygen atoms in total. The van der Waals surface area contributed by atoms with E-state index < -0.39 is 4.92 Å². The number of nitro benzene ring substituents is 1. The molecule has 6 atom stereocenters. The fourth-order valence-electron chi connectivity index (χ4n) is 4.99. The highest BCUT2D eigenvalue weighted by Crippen LogP contribution is 2.65. The average Bonchev–Trinajstić information content (AvgIpc) is 3.33. The molecule has 2 bridgehead atoms. The molecule has 1 heterocycles. The summed E-state index contributed by atoms with van der Waals surface area (Å²) in [6.07, 6.45) is 5.37. The van der Waals surface area contributed by atoms with Crippen LogP contribution in [0.3, 0.4) is 0 Å². The van der Waals surface area contributed by atoms with Gasteiger partial charge in [-0.1, -0.05) is 12.2 Å². The van der Waals surface area contributed by atoms with Crippen LogP contribution < -0.4 is 4.90 Å². The molecule has 4 aliphatic carbocycles. The van der Waals surface area contributed by atoms with Gasteiger partial charge in [0.2, 0.25) is 11.8 Å². The van der Waals surface area contributed by atoms with Gasteiger partial charge in [0.15, 0.2) is 0 Å². The molecular weight excluding hydrogens is 376 g/mol. The number of hydrogen-bond donors (Lipinski definition) is 0. The summed E-state index contributed by atoms with van der Waals surface area (Å²) in [6, 6.07) is 4.14. The molecule has 3 fully saturated rings. The van der Waals surface area contributed by atoms with Crippen LogP contribution in [-0.4, -0.2) is 16.7 Å². The normalized spacial score (nSPS) is 38.3. The number of non-ortho nitro benzene ring substituents is 1. The number of hydrogen-bond acceptors (Lipinski definition) is 4. The fraction of sp³-hybridized carbons (Fsp3) is 0.412. The zero-order valence-corrected chi connectivity index (χ0v) is 14.0. The van der Waals surface area contributed by atoms with Crippen LogP contribution >= 0.6 is 15.9 Å². The summed E-state index contributed by atoms with van der Waals surface area (Å²) in [6.45, 7) is 0. The number of imide groups is 1. The Morgan fingerprint density at radius 2 is 1.67 bits per heavy atom. The van der Waals surface area contributed by atoms with Gasteiger partial charge in [0.1, 0.15) is 0 Å². The molecule has 5 aliphatic rings. The van der Waals surface area contributed by atoms with Crippen molar-refractivity contribution >= 4 is 39.1 Å². The number of rotatable bonds is 2. The summed E-state index contributed by atoms with van der Waals surface area (Å²) in [5.74, 6) is 0.591. The van der Waals surface area contributed by atoms with E-state index in [2.05, 4.69) is 28.1 Å². The number of nitro groups is 1. The summed E-state index contributed by atoms with van der Waals surface area (Å²) in [7, 11) is 0. The number of carbonyl (C=O) groups excluding carboxylic acids is 2. The average molecular weight is 389 g/mol.